The molecule has 2 aromatic rings. The monoisotopic (exact) mass is 473 g/mol. The molecule has 0 aromatic heterocycles. The van der Waals surface area contributed by atoms with E-state index in [1.54, 1.807) is 25.3 Å². The number of aromatic hydroxyl groups is 1. The number of phenols is 1. The van der Waals surface area contributed by atoms with Crippen molar-refractivity contribution in [3.63, 3.8) is 0 Å². The lowest BCUT2D eigenvalue weighted by molar-refractivity contribution is -0.151. The molecular weight excluding hydrogens is 442 g/mol. The summed E-state index contributed by atoms with van der Waals surface area (Å²) in [6.45, 7) is 1.85. The molecule has 0 radical (unpaired) electrons. The zero-order valence-electron chi connectivity index (χ0n) is 20.2. The van der Waals surface area contributed by atoms with Crippen LogP contribution in [0, 0.1) is 5.92 Å². The van der Waals surface area contributed by atoms with E-state index in [0.717, 1.165) is 48.3 Å². The topological polar surface area (TPSA) is 85.2 Å². The first kappa shape index (κ1) is 23.3. The second-order valence-corrected chi connectivity index (χ2v) is 9.81. The van der Waals surface area contributed by atoms with Gasteiger partial charge in [-0.2, -0.15) is 0 Å². The molecule has 35 heavy (non-hydrogen) atoms. The van der Waals surface area contributed by atoms with Gasteiger partial charge in [-0.3, -0.25) is 14.6 Å². The highest BCUT2D eigenvalue weighted by Gasteiger charge is 2.45. The highest BCUT2D eigenvalue weighted by atomic mass is 16.5. The molecule has 182 valence electrons. The van der Waals surface area contributed by atoms with Crippen LogP contribution in [0.15, 0.2) is 64.8 Å². The van der Waals surface area contributed by atoms with E-state index in [0.29, 0.717) is 24.1 Å². The molecule has 1 saturated carbocycles. The molecule has 0 saturated heterocycles. The number of Topliss-reactive ketones (excluding diaryl/α,β-unsaturated/α-hetero) is 1. The average Bonchev–Trinajstić information content (AvgIpc) is 3.36. The lowest BCUT2D eigenvalue weighted by Crippen LogP contribution is -2.39. The Morgan fingerprint density at radius 2 is 1.77 bits per heavy atom. The number of ketones is 1. The van der Waals surface area contributed by atoms with Crippen LogP contribution in [0.25, 0.3) is 0 Å². The van der Waals surface area contributed by atoms with Gasteiger partial charge in [0, 0.05) is 29.3 Å². The van der Waals surface area contributed by atoms with Gasteiger partial charge in [0.05, 0.1) is 7.11 Å². The Morgan fingerprint density at radius 3 is 2.46 bits per heavy atom. The van der Waals surface area contributed by atoms with Crippen LogP contribution in [-0.4, -0.2) is 35.8 Å². The fourth-order valence-corrected chi connectivity index (χ4v) is 5.80. The summed E-state index contributed by atoms with van der Waals surface area (Å²) in [4.78, 5) is 31.9. The third-order valence-corrected chi connectivity index (χ3v) is 7.54. The van der Waals surface area contributed by atoms with Crippen molar-refractivity contribution in [2.45, 2.75) is 63.4 Å². The number of benzene rings is 2. The van der Waals surface area contributed by atoms with Gasteiger partial charge in [0.25, 0.3) is 0 Å². The average molecular weight is 474 g/mol. The number of aliphatic imine (C=N–C) groups is 1. The van der Waals surface area contributed by atoms with Gasteiger partial charge < -0.3 is 14.6 Å². The third-order valence-electron chi connectivity index (χ3n) is 7.54. The zero-order chi connectivity index (χ0) is 24.5. The van der Waals surface area contributed by atoms with Crippen molar-refractivity contribution in [1.29, 1.82) is 0 Å². The van der Waals surface area contributed by atoms with Crippen molar-refractivity contribution < 1.29 is 24.2 Å². The standard InChI is InChI=1S/C29H31NO5/c1-17-26(29(33)35-23-8-3-4-9-23)27(19-6-5-7-21(31)14-19)28-24(30-17)15-20(16-25(28)32)18-10-12-22(34-2)13-11-18/h5-7,10-14,20,23,26-27,31H,3-4,8-9,15-16H2,1-2H3. The number of esters is 1. The molecule has 0 bridgehead atoms. The highest BCUT2D eigenvalue weighted by molar-refractivity contribution is 6.09. The number of nitrogens with zero attached hydrogens (tertiary/aromatic N) is 1. The first-order valence-electron chi connectivity index (χ1n) is 12.4. The predicted octanol–water partition coefficient (Wildman–Crippen LogP) is 5.46. The van der Waals surface area contributed by atoms with Gasteiger partial charge in [-0.15, -0.1) is 0 Å². The number of carbonyl (C=O) groups excluding carboxylic acids is 2. The van der Waals surface area contributed by atoms with Crippen molar-refractivity contribution >= 4 is 17.5 Å². The SMILES string of the molecule is COc1ccc(C2CC(=O)C3=C(C2)N=C(C)C(C(=O)OC2CCCC2)C3c2cccc(O)c2)cc1. The van der Waals surface area contributed by atoms with Gasteiger partial charge in [-0.05, 0) is 80.3 Å². The number of phenolic OH excluding ortho intramolecular Hbond substituents is 1. The Morgan fingerprint density at radius 1 is 1.03 bits per heavy atom. The van der Waals surface area contributed by atoms with E-state index in [-0.39, 0.29) is 29.5 Å². The van der Waals surface area contributed by atoms with Crippen LogP contribution in [0.4, 0.5) is 0 Å². The molecule has 2 aliphatic carbocycles. The molecule has 2 aromatic carbocycles. The van der Waals surface area contributed by atoms with Crippen molar-refractivity contribution in [1.82, 2.24) is 0 Å². The molecule has 6 nitrogen and oxygen atoms in total. The van der Waals surface area contributed by atoms with Crippen LogP contribution in [0.3, 0.4) is 0 Å². The van der Waals surface area contributed by atoms with Crippen LogP contribution in [-0.2, 0) is 14.3 Å². The van der Waals surface area contributed by atoms with Crippen LogP contribution in [0.1, 0.15) is 68.4 Å². The normalized spacial score (nSPS) is 24.7. The van der Waals surface area contributed by atoms with E-state index in [9.17, 15) is 14.7 Å². The first-order valence-corrected chi connectivity index (χ1v) is 12.4. The molecule has 3 atom stereocenters. The molecule has 1 aliphatic heterocycles. The fraction of sp³-hybridized carbons (Fsp3) is 0.414. The Kier molecular flexibility index (Phi) is 6.46. The molecule has 1 N–H and O–H groups in total. The molecule has 3 aliphatic rings. The molecule has 3 unspecified atom stereocenters. The van der Waals surface area contributed by atoms with E-state index < -0.39 is 11.8 Å². The molecule has 5 rings (SSSR count). The lowest BCUT2D eigenvalue weighted by atomic mass is 9.69. The maximum atomic E-state index is 13.7. The summed E-state index contributed by atoms with van der Waals surface area (Å²) < 4.78 is 11.2. The van der Waals surface area contributed by atoms with E-state index >= 15 is 0 Å². The van der Waals surface area contributed by atoms with Crippen molar-refractivity contribution in [2.75, 3.05) is 7.11 Å². The van der Waals surface area contributed by atoms with Gasteiger partial charge in [0.1, 0.15) is 23.5 Å². The number of hydrogen-bond donors (Lipinski definition) is 1. The van der Waals surface area contributed by atoms with Crippen LogP contribution < -0.4 is 4.74 Å². The summed E-state index contributed by atoms with van der Waals surface area (Å²) in [7, 11) is 1.63. The second kappa shape index (κ2) is 9.68. The molecular formula is C29H31NO5. The maximum absolute atomic E-state index is 13.7. The summed E-state index contributed by atoms with van der Waals surface area (Å²) in [5, 5.41) is 10.2. The number of rotatable bonds is 5. The second-order valence-electron chi connectivity index (χ2n) is 9.81. The summed E-state index contributed by atoms with van der Waals surface area (Å²) in [5.41, 5.74) is 3.77. The Hall–Kier alpha value is -3.41. The van der Waals surface area contributed by atoms with Crippen LogP contribution in [0.2, 0.25) is 0 Å². The molecule has 6 heteroatoms. The molecule has 0 spiro atoms. The van der Waals surface area contributed by atoms with E-state index in [1.165, 1.54) is 0 Å². The van der Waals surface area contributed by atoms with Gasteiger partial charge in [0.15, 0.2) is 5.78 Å². The minimum atomic E-state index is -0.683. The highest BCUT2D eigenvalue weighted by Crippen LogP contribution is 2.47. The van der Waals surface area contributed by atoms with E-state index in [2.05, 4.69) is 0 Å². The van der Waals surface area contributed by atoms with E-state index in [1.807, 2.05) is 37.3 Å². The van der Waals surface area contributed by atoms with E-state index in [4.69, 9.17) is 14.5 Å². The minimum absolute atomic E-state index is 0.00433. The summed E-state index contributed by atoms with van der Waals surface area (Å²) in [6, 6.07) is 14.7. The maximum Gasteiger partial charge on any atom is 0.315 e. The zero-order valence-corrected chi connectivity index (χ0v) is 20.2. The molecule has 1 heterocycles. The van der Waals surface area contributed by atoms with Crippen LogP contribution in [0.5, 0.6) is 11.5 Å². The Bertz CT molecular complexity index is 1190. The number of methoxy groups -OCH3 is 1. The van der Waals surface area contributed by atoms with Gasteiger partial charge >= 0.3 is 5.97 Å². The Balaban J connectivity index is 1.52. The fourth-order valence-electron chi connectivity index (χ4n) is 5.80. The van der Waals surface area contributed by atoms with Crippen molar-refractivity contribution in [3.8, 4) is 11.5 Å². The number of hydrogen-bond acceptors (Lipinski definition) is 6. The quantitative estimate of drug-likeness (QED) is 0.583. The first-order chi connectivity index (χ1) is 16.9. The van der Waals surface area contributed by atoms with Gasteiger partial charge in [0.2, 0.25) is 0 Å². The number of ether oxygens (including phenoxy) is 2. The van der Waals surface area contributed by atoms with Gasteiger partial charge in [-0.25, -0.2) is 0 Å². The molecule has 1 fully saturated rings. The number of allylic oxidation sites excluding steroid dienone is 2. The number of carbonyl (C=O) groups is 2. The van der Waals surface area contributed by atoms with Crippen LogP contribution >= 0.6 is 0 Å². The molecule has 0 amide bonds. The smallest absolute Gasteiger partial charge is 0.315 e. The summed E-state index contributed by atoms with van der Waals surface area (Å²) >= 11 is 0. The third kappa shape index (κ3) is 4.62. The van der Waals surface area contributed by atoms with Crippen molar-refractivity contribution in [2.24, 2.45) is 10.9 Å². The largest absolute Gasteiger partial charge is 0.508 e. The summed E-state index contributed by atoms with van der Waals surface area (Å²) in [6.07, 6.45) is 4.77. The minimum Gasteiger partial charge on any atom is -0.508 e. The van der Waals surface area contributed by atoms with Gasteiger partial charge in [-0.1, -0.05) is 24.3 Å². The van der Waals surface area contributed by atoms with Crippen molar-refractivity contribution in [3.05, 3.63) is 70.9 Å². The Labute approximate surface area is 205 Å². The lowest BCUT2D eigenvalue weighted by Gasteiger charge is -2.37. The predicted molar refractivity (Wildman–Crippen MR) is 133 cm³/mol. The summed E-state index contributed by atoms with van der Waals surface area (Å²) in [5.74, 6) is -0.651.